The minimum atomic E-state index is -0.446. The summed E-state index contributed by atoms with van der Waals surface area (Å²) in [4.78, 5) is 21.5. The largest absolute Gasteiger partial charge is 0.456 e. The molecule has 0 saturated carbocycles. The van der Waals surface area contributed by atoms with Crippen LogP contribution in [0.5, 0.6) is 0 Å². The van der Waals surface area contributed by atoms with E-state index in [1.165, 1.54) is 6.92 Å². The maximum atomic E-state index is 11.1. The molecule has 0 unspecified atom stereocenters. The molecule has 0 radical (unpaired) electrons. The van der Waals surface area contributed by atoms with E-state index in [0.717, 1.165) is 25.9 Å². The number of carbonyl (C=O) groups excluding carboxylic acids is 2. The Morgan fingerprint density at radius 3 is 2.50 bits per heavy atom. The molecule has 0 spiro atoms. The van der Waals surface area contributed by atoms with Crippen molar-refractivity contribution in [1.29, 1.82) is 0 Å². The third-order valence-corrected chi connectivity index (χ3v) is 2.01. The van der Waals surface area contributed by atoms with Crippen molar-refractivity contribution in [2.45, 2.75) is 19.8 Å². The molecular formula is C10H19ClN2O3. The lowest BCUT2D eigenvalue weighted by molar-refractivity contribution is -0.146. The Kier molecular flexibility index (Phi) is 10.2. The maximum absolute atomic E-state index is 11.1. The molecule has 5 nitrogen and oxygen atoms in total. The highest BCUT2D eigenvalue weighted by Gasteiger charge is 2.01. The van der Waals surface area contributed by atoms with Crippen molar-refractivity contribution in [3.05, 3.63) is 0 Å². The van der Waals surface area contributed by atoms with Gasteiger partial charge >= 0.3 is 5.97 Å². The molecule has 0 fully saturated rings. The van der Waals surface area contributed by atoms with Crippen molar-refractivity contribution in [2.75, 3.05) is 32.1 Å². The average molecular weight is 251 g/mol. The summed E-state index contributed by atoms with van der Waals surface area (Å²) >= 11 is 5.51. The van der Waals surface area contributed by atoms with Crippen LogP contribution < -0.4 is 10.6 Å². The maximum Gasteiger partial charge on any atom is 0.303 e. The summed E-state index contributed by atoms with van der Waals surface area (Å²) in [6, 6.07) is 0. The minimum Gasteiger partial charge on any atom is -0.456 e. The van der Waals surface area contributed by atoms with E-state index in [4.69, 9.17) is 11.6 Å². The van der Waals surface area contributed by atoms with Crippen LogP contribution in [0.3, 0.4) is 0 Å². The molecule has 0 aromatic heterocycles. The van der Waals surface area contributed by atoms with E-state index in [2.05, 4.69) is 15.4 Å². The van der Waals surface area contributed by atoms with E-state index in [1.54, 1.807) is 0 Å². The Bertz CT molecular complexity index is 212. The molecule has 0 saturated heterocycles. The Morgan fingerprint density at radius 2 is 1.88 bits per heavy atom. The van der Waals surface area contributed by atoms with Crippen LogP contribution in [0.15, 0.2) is 0 Å². The number of amides is 1. The number of rotatable bonds is 9. The molecule has 0 aromatic rings. The van der Waals surface area contributed by atoms with E-state index >= 15 is 0 Å². The Hall–Kier alpha value is -0.810. The van der Waals surface area contributed by atoms with Gasteiger partial charge < -0.3 is 15.4 Å². The highest BCUT2D eigenvalue weighted by molar-refractivity contribution is 6.17. The lowest BCUT2D eigenvalue weighted by atomic mass is 10.4. The SMILES string of the molecule is CC(=O)OCC(=O)NCCCNCCCCl. The van der Waals surface area contributed by atoms with Gasteiger partial charge in [0.1, 0.15) is 0 Å². The van der Waals surface area contributed by atoms with Crippen LogP contribution in [0, 0.1) is 0 Å². The van der Waals surface area contributed by atoms with Gasteiger partial charge in [-0.25, -0.2) is 0 Å². The number of carbonyl (C=O) groups is 2. The molecule has 0 rings (SSSR count). The first-order valence-corrected chi connectivity index (χ1v) is 5.87. The van der Waals surface area contributed by atoms with Crippen molar-refractivity contribution in [3.8, 4) is 0 Å². The molecule has 0 aromatic carbocycles. The molecule has 0 aliphatic heterocycles. The van der Waals surface area contributed by atoms with Gasteiger partial charge in [0.05, 0.1) is 0 Å². The fourth-order valence-electron chi connectivity index (χ4n) is 0.976. The van der Waals surface area contributed by atoms with Gasteiger partial charge in [0.15, 0.2) is 6.61 Å². The predicted octanol–water partition coefficient (Wildman–Crippen LogP) is 0.274. The first-order chi connectivity index (χ1) is 7.66. The van der Waals surface area contributed by atoms with Crippen LogP contribution in [0.2, 0.25) is 0 Å². The fraction of sp³-hybridized carbons (Fsp3) is 0.800. The summed E-state index contributed by atoms with van der Waals surface area (Å²) in [6.45, 7) is 3.38. The van der Waals surface area contributed by atoms with E-state index in [-0.39, 0.29) is 12.5 Å². The van der Waals surface area contributed by atoms with Gasteiger partial charge in [-0.2, -0.15) is 0 Å². The summed E-state index contributed by atoms with van der Waals surface area (Å²) in [5.74, 6) is -0.0552. The zero-order valence-electron chi connectivity index (χ0n) is 9.55. The second kappa shape index (κ2) is 10.7. The van der Waals surface area contributed by atoms with Gasteiger partial charge in [0.2, 0.25) is 0 Å². The van der Waals surface area contributed by atoms with Gasteiger partial charge in [0, 0.05) is 19.3 Å². The topological polar surface area (TPSA) is 67.4 Å². The van der Waals surface area contributed by atoms with Gasteiger partial charge in [0.25, 0.3) is 5.91 Å². The lowest BCUT2D eigenvalue weighted by Gasteiger charge is -2.06. The van der Waals surface area contributed by atoms with E-state index in [9.17, 15) is 9.59 Å². The number of esters is 1. The number of halogens is 1. The van der Waals surface area contributed by atoms with Gasteiger partial charge in [-0.3, -0.25) is 9.59 Å². The lowest BCUT2D eigenvalue weighted by Crippen LogP contribution is -2.31. The fourth-order valence-corrected chi connectivity index (χ4v) is 1.11. The first kappa shape index (κ1) is 15.2. The van der Waals surface area contributed by atoms with E-state index in [1.807, 2.05) is 0 Å². The molecule has 0 aliphatic rings. The van der Waals surface area contributed by atoms with Crippen LogP contribution in [0.4, 0.5) is 0 Å². The van der Waals surface area contributed by atoms with Crippen LogP contribution in [-0.2, 0) is 14.3 Å². The van der Waals surface area contributed by atoms with Crippen molar-refractivity contribution >= 4 is 23.5 Å². The van der Waals surface area contributed by atoms with Crippen molar-refractivity contribution in [1.82, 2.24) is 10.6 Å². The van der Waals surface area contributed by atoms with Gasteiger partial charge in [-0.15, -0.1) is 11.6 Å². The molecule has 1 amide bonds. The molecule has 0 aliphatic carbocycles. The zero-order chi connectivity index (χ0) is 12.2. The van der Waals surface area contributed by atoms with Crippen LogP contribution in [-0.4, -0.2) is 44.0 Å². The summed E-state index contributed by atoms with van der Waals surface area (Å²) in [6.07, 6.45) is 1.79. The quantitative estimate of drug-likeness (QED) is 0.350. The Balaban J connectivity index is 3.18. The smallest absolute Gasteiger partial charge is 0.303 e. The number of ether oxygens (including phenoxy) is 1. The van der Waals surface area contributed by atoms with Crippen molar-refractivity contribution < 1.29 is 14.3 Å². The second-order valence-corrected chi connectivity index (χ2v) is 3.65. The van der Waals surface area contributed by atoms with E-state index < -0.39 is 5.97 Å². The number of hydrogen-bond donors (Lipinski definition) is 2. The predicted molar refractivity (Wildman–Crippen MR) is 62.5 cm³/mol. The Morgan fingerprint density at radius 1 is 1.19 bits per heavy atom. The highest BCUT2D eigenvalue weighted by Crippen LogP contribution is 1.82. The summed E-state index contributed by atoms with van der Waals surface area (Å²) in [5.41, 5.74) is 0. The highest BCUT2D eigenvalue weighted by atomic mass is 35.5. The molecule has 6 heteroatoms. The standard InChI is InChI=1S/C10H19ClN2O3/c1-9(14)16-8-10(15)13-7-3-6-12-5-2-4-11/h12H,2-8H2,1H3,(H,13,15). The summed E-state index contributed by atoms with van der Waals surface area (Å²) < 4.78 is 4.53. The van der Waals surface area contributed by atoms with Crippen molar-refractivity contribution in [3.63, 3.8) is 0 Å². The number of hydrogen-bond acceptors (Lipinski definition) is 4. The molecule has 0 heterocycles. The molecule has 0 bridgehead atoms. The third-order valence-electron chi connectivity index (χ3n) is 1.75. The van der Waals surface area contributed by atoms with Crippen LogP contribution >= 0.6 is 11.6 Å². The minimum absolute atomic E-state index is 0.199. The molecule has 16 heavy (non-hydrogen) atoms. The molecule has 2 N–H and O–H groups in total. The zero-order valence-corrected chi connectivity index (χ0v) is 10.3. The molecule has 0 atom stereocenters. The first-order valence-electron chi connectivity index (χ1n) is 5.33. The second-order valence-electron chi connectivity index (χ2n) is 3.28. The Labute approximate surface area is 101 Å². The van der Waals surface area contributed by atoms with Crippen LogP contribution in [0.1, 0.15) is 19.8 Å². The van der Waals surface area contributed by atoms with E-state index in [0.29, 0.717) is 12.4 Å². The number of nitrogens with one attached hydrogen (secondary N) is 2. The normalized spacial score (nSPS) is 9.88. The summed E-state index contributed by atoms with van der Waals surface area (Å²) in [5, 5.41) is 5.84. The molecule has 94 valence electrons. The van der Waals surface area contributed by atoms with Crippen molar-refractivity contribution in [2.24, 2.45) is 0 Å². The third kappa shape index (κ3) is 11.3. The monoisotopic (exact) mass is 250 g/mol. The number of alkyl halides is 1. The molecular weight excluding hydrogens is 232 g/mol. The van der Waals surface area contributed by atoms with Gasteiger partial charge in [-0.05, 0) is 25.9 Å². The average Bonchev–Trinajstić information content (AvgIpc) is 2.25. The summed E-state index contributed by atoms with van der Waals surface area (Å²) in [7, 11) is 0. The van der Waals surface area contributed by atoms with Gasteiger partial charge in [-0.1, -0.05) is 0 Å². The van der Waals surface area contributed by atoms with Crippen LogP contribution in [0.25, 0.3) is 0 Å².